The average molecular weight is 437 g/mol. The molecule has 31 heavy (non-hydrogen) atoms. The summed E-state index contributed by atoms with van der Waals surface area (Å²) in [5, 5.41) is 16.0. The first-order valence-electron chi connectivity index (χ1n) is 9.97. The molecule has 3 aromatic rings. The number of para-hydroxylation sites is 2. The van der Waals surface area contributed by atoms with Gasteiger partial charge in [-0.1, -0.05) is 23.9 Å². The van der Waals surface area contributed by atoms with Crippen molar-refractivity contribution in [2.75, 3.05) is 10.2 Å². The third-order valence-electron chi connectivity index (χ3n) is 5.23. The van der Waals surface area contributed by atoms with Gasteiger partial charge in [-0.3, -0.25) is 14.5 Å². The van der Waals surface area contributed by atoms with Crippen LogP contribution in [0.15, 0.2) is 47.5 Å². The van der Waals surface area contributed by atoms with Crippen LogP contribution in [0.5, 0.6) is 0 Å². The van der Waals surface area contributed by atoms with Crippen LogP contribution in [0.4, 0.5) is 11.4 Å². The van der Waals surface area contributed by atoms with E-state index in [0.29, 0.717) is 22.2 Å². The molecule has 1 aromatic carbocycles. The van der Waals surface area contributed by atoms with E-state index in [4.69, 9.17) is 0 Å². The van der Waals surface area contributed by atoms with Crippen LogP contribution in [0.25, 0.3) is 5.82 Å². The molecular formula is C22H24N6O2S. The molecule has 0 bridgehead atoms. The Labute approximate surface area is 185 Å². The van der Waals surface area contributed by atoms with Crippen molar-refractivity contribution >= 4 is 35.0 Å². The molecule has 8 nitrogen and oxygen atoms in total. The molecule has 4 rings (SSSR count). The number of aromatic nitrogens is 4. The van der Waals surface area contributed by atoms with E-state index >= 15 is 0 Å². The Balaban J connectivity index is 1.56. The zero-order chi connectivity index (χ0) is 22.3. The maximum absolute atomic E-state index is 13.4. The quantitative estimate of drug-likeness (QED) is 0.629. The van der Waals surface area contributed by atoms with E-state index in [9.17, 15) is 9.59 Å². The first kappa shape index (κ1) is 21.0. The molecule has 2 aromatic heterocycles. The molecule has 1 atom stereocenters. The van der Waals surface area contributed by atoms with Crippen LogP contribution in [0.2, 0.25) is 0 Å². The topological polar surface area (TPSA) is 93.0 Å². The predicted octanol–water partition coefficient (Wildman–Crippen LogP) is 3.52. The van der Waals surface area contributed by atoms with E-state index < -0.39 is 10.8 Å². The molecule has 1 unspecified atom stereocenters. The van der Waals surface area contributed by atoms with Gasteiger partial charge < -0.3 is 5.32 Å². The lowest BCUT2D eigenvalue weighted by Gasteiger charge is -2.43. The van der Waals surface area contributed by atoms with Crippen molar-refractivity contribution in [2.24, 2.45) is 0 Å². The number of hydrogen-bond acceptors (Lipinski definition) is 6. The van der Waals surface area contributed by atoms with Crippen LogP contribution in [-0.2, 0) is 9.59 Å². The molecule has 3 heterocycles. The Hall–Kier alpha value is -3.20. The number of nitrogens with one attached hydrogen (secondary N) is 1. The van der Waals surface area contributed by atoms with Gasteiger partial charge in [-0.05, 0) is 65.0 Å². The number of amides is 2. The van der Waals surface area contributed by atoms with Gasteiger partial charge in [-0.15, -0.1) is 10.2 Å². The van der Waals surface area contributed by atoms with E-state index in [2.05, 4.69) is 20.6 Å². The minimum Gasteiger partial charge on any atom is -0.322 e. The van der Waals surface area contributed by atoms with Crippen LogP contribution in [-0.4, -0.2) is 42.6 Å². The number of thioether (sulfide) groups is 1. The number of benzene rings is 1. The van der Waals surface area contributed by atoms with Gasteiger partial charge >= 0.3 is 0 Å². The van der Waals surface area contributed by atoms with Gasteiger partial charge in [-0.2, -0.15) is 5.10 Å². The average Bonchev–Trinajstić information content (AvgIpc) is 3.07. The minimum absolute atomic E-state index is 0.165. The second-order valence-corrected chi connectivity index (χ2v) is 9.39. The van der Waals surface area contributed by atoms with Crippen LogP contribution in [0.1, 0.15) is 32.2 Å². The Morgan fingerprint density at radius 1 is 1.13 bits per heavy atom. The van der Waals surface area contributed by atoms with Gasteiger partial charge in [0.05, 0.1) is 22.3 Å². The van der Waals surface area contributed by atoms with E-state index in [0.717, 1.165) is 11.4 Å². The van der Waals surface area contributed by atoms with E-state index in [1.165, 1.54) is 11.8 Å². The second-order valence-electron chi connectivity index (χ2n) is 8.03. The normalized spacial score (nSPS) is 15.9. The van der Waals surface area contributed by atoms with Crippen molar-refractivity contribution in [2.45, 2.75) is 50.4 Å². The molecule has 0 aliphatic carbocycles. The number of fused-ring (bicyclic) bond motifs is 1. The lowest BCUT2D eigenvalue weighted by atomic mass is 9.96. The summed E-state index contributed by atoms with van der Waals surface area (Å²) in [6.45, 7) is 9.19. The highest BCUT2D eigenvalue weighted by Crippen LogP contribution is 2.38. The Bertz CT molecular complexity index is 1160. The fraction of sp³-hybridized carbons (Fsp3) is 0.318. The predicted molar refractivity (Wildman–Crippen MR) is 121 cm³/mol. The van der Waals surface area contributed by atoms with Crippen molar-refractivity contribution in [3.8, 4) is 5.82 Å². The summed E-state index contributed by atoms with van der Waals surface area (Å²) in [5.41, 5.74) is 2.19. The third-order valence-corrected chi connectivity index (χ3v) is 6.24. The van der Waals surface area contributed by atoms with Crippen molar-refractivity contribution in [3.05, 3.63) is 53.9 Å². The molecule has 2 amide bonds. The number of nitrogens with zero attached hydrogens (tertiary/aromatic N) is 5. The SMILES string of the molecule is Cc1cc(C)n(-c2ccc(SC(C)C(=O)N3c4ccccc4NC(=O)C3(C)C)nn2)n1. The largest absolute Gasteiger partial charge is 0.322 e. The smallest absolute Gasteiger partial charge is 0.250 e. The number of rotatable bonds is 4. The monoisotopic (exact) mass is 436 g/mol. The van der Waals surface area contributed by atoms with Gasteiger partial charge in [0.1, 0.15) is 10.6 Å². The Morgan fingerprint density at radius 3 is 2.52 bits per heavy atom. The summed E-state index contributed by atoms with van der Waals surface area (Å²) in [4.78, 5) is 27.6. The number of carbonyl (C=O) groups excluding carboxylic acids is 2. The van der Waals surface area contributed by atoms with Gasteiger partial charge in [0, 0.05) is 5.69 Å². The second kappa shape index (κ2) is 7.81. The maximum atomic E-state index is 13.4. The van der Waals surface area contributed by atoms with E-state index in [1.807, 2.05) is 57.2 Å². The highest BCUT2D eigenvalue weighted by Gasteiger charge is 2.44. The fourth-order valence-electron chi connectivity index (χ4n) is 3.61. The van der Waals surface area contributed by atoms with Crippen LogP contribution in [0, 0.1) is 13.8 Å². The van der Waals surface area contributed by atoms with Crippen LogP contribution >= 0.6 is 11.8 Å². The first-order chi connectivity index (χ1) is 14.7. The summed E-state index contributed by atoms with van der Waals surface area (Å²) in [6.07, 6.45) is 0. The zero-order valence-corrected chi connectivity index (χ0v) is 18.9. The van der Waals surface area contributed by atoms with Gasteiger partial charge in [-0.25, -0.2) is 4.68 Å². The van der Waals surface area contributed by atoms with Crippen molar-refractivity contribution in [1.82, 2.24) is 20.0 Å². The van der Waals surface area contributed by atoms with Crippen molar-refractivity contribution in [3.63, 3.8) is 0 Å². The van der Waals surface area contributed by atoms with E-state index in [-0.39, 0.29) is 11.8 Å². The van der Waals surface area contributed by atoms with Crippen LogP contribution < -0.4 is 10.2 Å². The number of hydrogen-bond donors (Lipinski definition) is 1. The molecule has 9 heteroatoms. The van der Waals surface area contributed by atoms with Crippen molar-refractivity contribution < 1.29 is 9.59 Å². The minimum atomic E-state index is -1.01. The molecule has 160 valence electrons. The van der Waals surface area contributed by atoms with Gasteiger partial charge in [0.25, 0.3) is 0 Å². The Kier molecular flexibility index (Phi) is 5.30. The Morgan fingerprint density at radius 2 is 1.87 bits per heavy atom. The standard InChI is InChI=1S/C22H24N6O2S/c1-13-12-14(2)28(26-13)18-10-11-19(25-24-18)31-15(3)20(29)27-17-9-7-6-8-16(17)23-21(30)22(27,4)5/h6-12,15H,1-5H3,(H,23,30). The number of anilines is 2. The van der Waals surface area contributed by atoms with Crippen molar-refractivity contribution in [1.29, 1.82) is 0 Å². The molecule has 1 aliphatic rings. The molecule has 0 fully saturated rings. The lowest BCUT2D eigenvalue weighted by molar-refractivity contribution is -0.126. The molecule has 1 aliphatic heterocycles. The summed E-state index contributed by atoms with van der Waals surface area (Å²) in [5.74, 6) is 0.240. The molecule has 0 spiro atoms. The maximum Gasteiger partial charge on any atom is 0.250 e. The zero-order valence-electron chi connectivity index (χ0n) is 18.1. The summed E-state index contributed by atoms with van der Waals surface area (Å²) >= 11 is 1.31. The number of aryl methyl sites for hydroxylation is 2. The lowest BCUT2D eigenvalue weighted by Crippen LogP contribution is -2.60. The van der Waals surface area contributed by atoms with Gasteiger partial charge in [0.15, 0.2) is 5.82 Å². The fourth-order valence-corrected chi connectivity index (χ4v) is 4.41. The molecule has 0 saturated heterocycles. The summed E-state index contributed by atoms with van der Waals surface area (Å²) in [7, 11) is 0. The van der Waals surface area contributed by atoms with Crippen LogP contribution in [0.3, 0.4) is 0 Å². The highest BCUT2D eigenvalue weighted by atomic mass is 32.2. The number of carbonyl (C=O) groups is 2. The molecule has 0 radical (unpaired) electrons. The van der Waals surface area contributed by atoms with E-state index in [1.54, 1.807) is 29.5 Å². The molecule has 0 saturated carbocycles. The third kappa shape index (κ3) is 3.81. The highest BCUT2D eigenvalue weighted by molar-refractivity contribution is 8.00. The molecular weight excluding hydrogens is 412 g/mol. The first-order valence-corrected chi connectivity index (χ1v) is 10.8. The summed E-state index contributed by atoms with van der Waals surface area (Å²) < 4.78 is 1.73. The molecule has 1 N–H and O–H groups in total. The van der Waals surface area contributed by atoms with Gasteiger partial charge in [0.2, 0.25) is 11.8 Å². The summed E-state index contributed by atoms with van der Waals surface area (Å²) in [6, 6.07) is 13.0.